The van der Waals surface area contributed by atoms with Gasteiger partial charge in [-0.3, -0.25) is 4.90 Å². The van der Waals surface area contributed by atoms with Crippen LogP contribution in [0.1, 0.15) is 11.8 Å². The maximum absolute atomic E-state index is 10.5. The molecular formula is C17H24N2O2S. The summed E-state index contributed by atoms with van der Waals surface area (Å²) in [4.78, 5) is 3.58. The summed E-state index contributed by atoms with van der Waals surface area (Å²) in [5.74, 6) is 0. The second-order valence-electron chi connectivity index (χ2n) is 6.24. The lowest BCUT2D eigenvalue weighted by Gasteiger charge is -2.33. The Morgan fingerprint density at radius 1 is 1.32 bits per heavy atom. The fourth-order valence-corrected chi connectivity index (χ4v) is 3.91. The summed E-state index contributed by atoms with van der Waals surface area (Å²) in [7, 11) is 0. The molecule has 0 radical (unpaired) electrons. The van der Waals surface area contributed by atoms with Crippen LogP contribution in [0.4, 0.5) is 0 Å². The van der Waals surface area contributed by atoms with Gasteiger partial charge < -0.3 is 15.2 Å². The number of β-amino-alcohol motifs (C(OH)–C–C–N with tert-alkyl or cyclic N) is 1. The van der Waals surface area contributed by atoms with Gasteiger partial charge in [-0.05, 0) is 24.4 Å². The van der Waals surface area contributed by atoms with Gasteiger partial charge in [0, 0.05) is 42.3 Å². The molecular weight excluding hydrogens is 296 g/mol. The van der Waals surface area contributed by atoms with Crippen LogP contribution in [-0.4, -0.2) is 55.0 Å². The Hall–Kier alpha value is -0.980. The molecule has 120 valence electrons. The SMILES string of the molecule is CC(O)(CNCc1cc2ccccc2s1)CN1CCOCC1. The second kappa shape index (κ2) is 7.06. The molecule has 5 heteroatoms. The number of rotatable bonds is 6. The smallest absolute Gasteiger partial charge is 0.0869 e. The van der Waals surface area contributed by atoms with E-state index in [2.05, 4.69) is 40.5 Å². The van der Waals surface area contributed by atoms with Crippen LogP contribution in [-0.2, 0) is 11.3 Å². The summed E-state index contributed by atoms with van der Waals surface area (Å²) < 4.78 is 6.66. The van der Waals surface area contributed by atoms with Gasteiger partial charge in [0.2, 0.25) is 0 Å². The largest absolute Gasteiger partial charge is 0.388 e. The van der Waals surface area contributed by atoms with E-state index in [0.29, 0.717) is 13.1 Å². The van der Waals surface area contributed by atoms with E-state index < -0.39 is 5.60 Å². The molecule has 4 nitrogen and oxygen atoms in total. The number of hydrogen-bond acceptors (Lipinski definition) is 5. The van der Waals surface area contributed by atoms with Crippen molar-refractivity contribution < 1.29 is 9.84 Å². The zero-order chi connectivity index (χ0) is 15.4. The van der Waals surface area contributed by atoms with Gasteiger partial charge in [-0.2, -0.15) is 0 Å². The minimum atomic E-state index is -0.714. The van der Waals surface area contributed by atoms with Gasteiger partial charge in [-0.25, -0.2) is 0 Å². The predicted octanol–water partition coefficient (Wildman–Crippen LogP) is 2.07. The Balaban J connectivity index is 1.48. The molecule has 1 unspecified atom stereocenters. The molecule has 0 amide bonds. The van der Waals surface area contributed by atoms with Crippen LogP contribution in [0.5, 0.6) is 0 Å². The summed E-state index contributed by atoms with van der Waals surface area (Å²) in [6.07, 6.45) is 0. The lowest BCUT2D eigenvalue weighted by molar-refractivity contribution is -0.0219. The van der Waals surface area contributed by atoms with Gasteiger partial charge in [0.25, 0.3) is 0 Å². The second-order valence-corrected chi connectivity index (χ2v) is 7.41. The number of fused-ring (bicyclic) bond motifs is 1. The van der Waals surface area contributed by atoms with E-state index in [1.165, 1.54) is 15.0 Å². The highest BCUT2D eigenvalue weighted by Crippen LogP contribution is 2.25. The molecule has 0 spiro atoms. The van der Waals surface area contributed by atoms with Crippen molar-refractivity contribution in [3.8, 4) is 0 Å². The first-order valence-corrected chi connectivity index (χ1v) is 8.65. The van der Waals surface area contributed by atoms with E-state index in [4.69, 9.17) is 4.74 Å². The van der Waals surface area contributed by atoms with Crippen molar-refractivity contribution >= 4 is 21.4 Å². The summed E-state index contributed by atoms with van der Waals surface area (Å²) in [6.45, 7) is 7.35. The van der Waals surface area contributed by atoms with Crippen molar-refractivity contribution in [3.05, 3.63) is 35.2 Å². The van der Waals surface area contributed by atoms with E-state index in [-0.39, 0.29) is 0 Å². The van der Waals surface area contributed by atoms with Crippen LogP contribution in [0.3, 0.4) is 0 Å². The van der Waals surface area contributed by atoms with E-state index in [0.717, 1.165) is 32.8 Å². The van der Waals surface area contributed by atoms with Crippen molar-refractivity contribution in [1.29, 1.82) is 0 Å². The van der Waals surface area contributed by atoms with E-state index in [9.17, 15) is 5.11 Å². The van der Waals surface area contributed by atoms with Crippen molar-refractivity contribution in [2.45, 2.75) is 19.1 Å². The fraction of sp³-hybridized carbons (Fsp3) is 0.529. The third-order valence-corrected chi connectivity index (χ3v) is 5.07. The number of morpholine rings is 1. The summed E-state index contributed by atoms with van der Waals surface area (Å²) in [5.41, 5.74) is -0.714. The van der Waals surface area contributed by atoms with Gasteiger partial charge in [0.1, 0.15) is 0 Å². The lowest BCUT2D eigenvalue weighted by atomic mass is 10.1. The average molecular weight is 320 g/mol. The molecule has 1 aromatic carbocycles. The molecule has 0 saturated carbocycles. The molecule has 1 aromatic heterocycles. The first-order valence-electron chi connectivity index (χ1n) is 7.83. The zero-order valence-electron chi connectivity index (χ0n) is 13.0. The lowest BCUT2D eigenvalue weighted by Crippen LogP contribution is -2.50. The molecule has 3 rings (SSSR count). The Bertz CT molecular complexity index is 572. The number of ether oxygens (including phenoxy) is 1. The highest BCUT2D eigenvalue weighted by Gasteiger charge is 2.24. The van der Waals surface area contributed by atoms with Gasteiger partial charge in [-0.1, -0.05) is 18.2 Å². The van der Waals surface area contributed by atoms with Crippen LogP contribution < -0.4 is 5.32 Å². The number of nitrogens with one attached hydrogen (secondary N) is 1. The summed E-state index contributed by atoms with van der Waals surface area (Å²) in [5, 5.41) is 15.2. The average Bonchev–Trinajstić information content (AvgIpc) is 2.90. The van der Waals surface area contributed by atoms with Crippen LogP contribution >= 0.6 is 11.3 Å². The molecule has 22 heavy (non-hydrogen) atoms. The molecule has 0 aliphatic carbocycles. The predicted molar refractivity (Wildman–Crippen MR) is 91.4 cm³/mol. The number of hydrogen-bond donors (Lipinski definition) is 2. The highest BCUT2D eigenvalue weighted by molar-refractivity contribution is 7.19. The molecule has 2 heterocycles. The normalized spacial score (nSPS) is 19.4. The third-order valence-electron chi connectivity index (χ3n) is 3.95. The quantitative estimate of drug-likeness (QED) is 0.855. The van der Waals surface area contributed by atoms with Crippen LogP contribution in [0.15, 0.2) is 30.3 Å². The monoisotopic (exact) mass is 320 g/mol. The van der Waals surface area contributed by atoms with Crippen LogP contribution in [0.25, 0.3) is 10.1 Å². The Kier molecular flexibility index (Phi) is 5.10. The van der Waals surface area contributed by atoms with E-state index in [1.807, 2.05) is 18.3 Å². The van der Waals surface area contributed by atoms with Crippen molar-refractivity contribution in [2.75, 3.05) is 39.4 Å². The molecule has 1 saturated heterocycles. The number of thiophene rings is 1. The standard InChI is InChI=1S/C17H24N2O2S/c1-17(20,13-19-6-8-21-9-7-19)12-18-11-15-10-14-4-2-3-5-16(14)22-15/h2-5,10,18,20H,6-9,11-13H2,1H3. The van der Waals surface area contributed by atoms with E-state index >= 15 is 0 Å². The summed E-state index contributed by atoms with van der Waals surface area (Å²) >= 11 is 1.81. The van der Waals surface area contributed by atoms with Crippen molar-refractivity contribution in [1.82, 2.24) is 10.2 Å². The van der Waals surface area contributed by atoms with Gasteiger partial charge in [0.15, 0.2) is 0 Å². The number of aliphatic hydroxyl groups is 1. The first-order chi connectivity index (χ1) is 10.6. The molecule has 1 atom stereocenters. The third kappa shape index (κ3) is 4.27. The van der Waals surface area contributed by atoms with Crippen molar-refractivity contribution in [2.24, 2.45) is 0 Å². The topological polar surface area (TPSA) is 44.7 Å². The minimum Gasteiger partial charge on any atom is -0.388 e. The number of benzene rings is 1. The van der Waals surface area contributed by atoms with Gasteiger partial charge in [0.05, 0.1) is 18.8 Å². The van der Waals surface area contributed by atoms with Crippen molar-refractivity contribution in [3.63, 3.8) is 0 Å². The van der Waals surface area contributed by atoms with Crippen LogP contribution in [0.2, 0.25) is 0 Å². The summed E-state index contributed by atoms with van der Waals surface area (Å²) in [6, 6.07) is 10.7. The zero-order valence-corrected chi connectivity index (χ0v) is 13.9. The molecule has 1 fully saturated rings. The van der Waals surface area contributed by atoms with Gasteiger partial charge >= 0.3 is 0 Å². The molecule has 1 aliphatic rings. The molecule has 0 bridgehead atoms. The minimum absolute atomic E-state index is 0.596. The molecule has 2 aromatic rings. The molecule has 2 N–H and O–H groups in total. The van der Waals surface area contributed by atoms with Gasteiger partial charge in [-0.15, -0.1) is 11.3 Å². The molecule has 1 aliphatic heterocycles. The van der Waals surface area contributed by atoms with Crippen LogP contribution in [0, 0.1) is 0 Å². The first kappa shape index (κ1) is 15.9. The number of nitrogens with zero attached hydrogens (tertiary/aromatic N) is 1. The Morgan fingerprint density at radius 2 is 2.09 bits per heavy atom. The maximum Gasteiger partial charge on any atom is 0.0869 e. The highest BCUT2D eigenvalue weighted by atomic mass is 32.1. The maximum atomic E-state index is 10.5. The Labute approximate surface area is 135 Å². The van der Waals surface area contributed by atoms with E-state index in [1.54, 1.807) is 0 Å². The Morgan fingerprint density at radius 3 is 2.86 bits per heavy atom. The fourth-order valence-electron chi connectivity index (χ4n) is 2.88.